The van der Waals surface area contributed by atoms with Crippen LogP contribution < -0.4 is 0 Å². The average Bonchev–Trinajstić information content (AvgIpc) is 2.52. The summed E-state index contributed by atoms with van der Waals surface area (Å²) in [5.41, 5.74) is 0.923. The van der Waals surface area contributed by atoms with Crippen LogP contribution in [0.4, 0.5) is 9.18 Å². The van der Waals surface area contributed by atoms with Crippen molar-refractivity contribution in [1.82, 2.24) is 9.80 Å². The highest BCUT2D eigenvalue weighted by atomic mass is 19.1. The molecule has 1 heterocycles. The molecule has 1 aromatic rings. The highest BCUT2D eigenvalue weighted by Gasteiger charge is 2.33. The number of benzene rings is 1. The largest absolute Gasteiger partial charge is 0.444 e. The van der Waals surface area contributed by atoms with Crippen LogP contribution in [0.1, 0.15) is 49.2 Å². The molecule has 0 aliphatic carbocycles. The van der Waals surface area contributed by atoms with Crippen LogP contribution >= 0.6 is 0 Å². The Bertz CT molecular complexity index is 725. The minimum absolute atomic E-state index is 0.0309. The molecule has 0 bridgehead atoms. The maximum atomic E-state index is 14.3. The maximum absolute atomic E-state index is 14.3. The molecule has 2 amide bonds. The molecule has 1 aromatic carbocycles. The van der Waals surface area contributed by atoms with Crippen molar-refractivity contribution in [2.24, 2.45) is 0 Å². The van der Waals surface area contributed by atoms with Crippen LogP contribution in [-0.2, 0) is 4.74 Å². The third-order valence-electron chi connectivity index (χ3n) is 4.35. The van der Waals surface area contributed by atoms with Gasteiger partial charge in [0.25, 0.3) is 5.91 Å². The molecular formula is C20H27FN2O3. The Kier molecular flexibility index (Phi) is 5.74. The number of hydrogen-bond donors (Lipinski definition) is 0. The number of rotatable bonds is 2. The van der Waals surface area contributed by atoms with Crippen molar-refractivity contribution in [3.8, 4) is 0 Å². The first-order chi connectivity index (χ1) is 12.0. The first-order valence-electron chi connectivity index (χ1n) is 8.75. The second-order valence-electron chi connectivity index (χ2n) is 7.67. The van der Waals surface area contributed by atoms with Gasteiger partial charge in [-0.25, -0.2) is 9.18 Å². The fourth-order valence-corrected chi connectivity index (χ4v) is 2.98. The molecule has 0 unspecified atom stereocenters. The lowest BCUT2D eigenvalue weighted by Crippen LogP contribution is -2.56. The molecule has 1 fully saturated rings. The third kappa shape index (κ3) is 4.42. The third-order valence-corrected chi connectivity index (χ3v) is 4.35. The Balaban J connectivity index is 2.12. The molecule has 2 rings (SSSR count). The van der Waals surface area contributed by atoms with Gasteiger partial charge in [-0.15, -0.1) is 0 Å². The zero-order valence-corrected chi connectivity index (χ0v) is 16.1. The van der Waals surface area contributed by atoms with Crippen LogP contribution in [0.15, 0.2) is 18.7 Å². The predicted octanol–water partition coefficient (Wildman–Crippen LogP) is 3.86. The Hall–Kier alpha value is -2.37. The van der Waals surface area contributed by atoms with Crippen molar-refractivity contribution >= 4 is 18.1 Å². The quantitative estimate of drug-likeness (QED) is 0.803. The number of halogens is 1. The van der Waals surface area contributed by atoms with Crippen molar-refractivity contribution in [1.29, 1.82) is 0 Å². The van der Waals surface area contributed by atoms with E-state index in [4.69, 9.17) is 4.74 Å². The second-order valence-corrected chi connectivity index (χ2v) is 7.67. The van der Waals surface area contributed by atoms with Crippen LogP contribution in [0.5, 0.6) is 0 Å². The number of amides is 2. The highest BCUT2D eigenvalue weighted by molar-refractivity contribution is 5.95. The second kappa shape index (κ2) is 7.48. The van der Waals surface area contributed by atoms with E-state index in [9.17, 15) is 14.0 Å². The van der Waals surface area contributed by atoms with E-state index >= 15 is 0 Å². The number of aryl methyl sites for hydroxylation is 1. The lowest BCUT2D eigenvalue weighted by molar-refractivity contribution is 0.00190. The summed E-state index contributed by atoms with van der Waals surface area (Å²) in [6.45, 7) is 13.8. The molecule has 1 saturated heterocycles. The van der Waals surface area contributed by atoms with Gasteiger partial charge >= 0.3 is 6.09 Å². The van der Waals surface area contributed by atoms with E-state index < -0.39 is 17.5 Å². The van der Waals surface area contributed by atoms with Gasteiger partial charge in [0.05, 0.1) is 5.56 Å². The van der Waals surface area contributed by atoms with Crippen molar-refractivity contribution in [3.05, 3.63) is 41.2 Å². The molecule has 0 spiro atoms. The van der Waals surface area contributed by atoms with Gasteiger partial charge in [0.1, 0.15) is 11.4 Å². The zero-order valence-electron chi connectivity index (χ0n) is 16.1. The predicted molar refractivity (Wildman–Crippen MR) is 99.5 cm³/mol. The van der Waals surface area contributed by atoms with E-state index in [1.54, 1.807) is 22.8 Å². The summed E-state index contributed by atoms with van der Waals surface area (Å²) in [4.78, 5) is 28.2. The van der Waals surface area contributed by atoms with Crippen LogP contribution in [0.2, 0.25) is 0 Å². The molecule has 0 saturated carbocycles. The number of hydrogen-bond acceptors (Lipinski definition) is 3. The van der Waals surface area contributed by atoms with E-state index in [0.29, 0.717) is 19.6 Å². The minimum Gasteiger partial charge on any atom is -0.444 e. The van der Waals surface area contributed by atoms with Gasteiger partial charge in [-0.1, -0.05) is 12.7 Å². The van der Waals surface area contributed by atoms with Gasteiger partial charge in [-0.3, -0.25) is 4.79 Å². The summed E-state index contributed by atoms with van der Waals surface area (Å²) in [6.07, 6.45) is 1.21. The van der Waals surface area contributed by atoms with Crippen LogP contribution in [0.25, 0.3) is 6.08 Å². The first kappa shape index (κ1) is 19.9. The van der Waals surface area contributed by atoms with Gasteiger partial charge in [0, 0.05) is 25.7 Å². The summed E-state index contributed by atoms with van der Waals surface area (Å²) in [6, 6.07) is 2.67. The van der Waals surface area contributed by atoms with Crippen LogP contribution in [-0.4, -0.2) is 53.1 Å². The molecule has 1 aliphatic heterocycles. The molecule has 1 aliphatic rings. The fourth-order valence-electron chi connectivity index (χ4n) is 2.98. The number of nitrogens with zero attached hydrogens (tertiary/aromatic N) is 2. The van der Waals surface area contributed by atoms with E-state index in [1.165, 1.54) is 12.1 Å². The minimum atomic E-state index is -0.574. The molecule has 5 nitrogen and oxygen atoms in total. The molecule has 1 atom stereocenters. The highest BCUT2D eigenvalue weighted by Crippen LogP contribution is 2.21. The van der Waals surface area contributed by atoms with Gasteiger partial charge in [0.15, 0.2) is 0 Å². The topological polar surface area (TPSA) is 49.9 Å². The first-order valence-corrected chi connectivity index (χ1v) is 8.75. The van der Waals surface area contributed by atoms with Crippen LogP contribution in [0, 0.1) is 12.7 Å². The maximum Gasteiger partial charge on any atom is 0.410 e. The van der Waals surface area contributed by atoms with Gasteiger partial charge in [-0.05, 0) is 57.9 Å². The van der Waals surface area contributed by atoms with Crippen molar-refractivity contribution in [2.75, 3.05) is 19.6 Å². The van der Waals surface area contributed by atoms with Gasteiger partial charge < -0.3 is 14.5 Å². The van der Waals surface area contributed by atoms with Crippen molar-refractivity contribution in [2.45, 2.75) is 46.3 Å². The molecule has 0 N–H and O–H groups in total. The number of carbonyl (C=O) groups excluding carboxylic acids is 2. The Labute approximate surface area is 154 Å². The zero-order chi connectivity index (χ0) is 19.6. The smallest absolute Gasteiger partial charge is 0.410 e. The molecule has 0 radical (unpaired) electrons. The van der Waals surface area contributed by atoms with Gasteiger partial charge in [0.2, 0.25) is 0 Å². The molecule has 26 heavy (non-hydrogen) atoms. The number of carbonyl (C=O) groups is 2. The lowest BCUT2D eigenvalue weighted by Gasteiger charge is -2.40. The van der Waals surface area contributed by atoms with Crippen molar-refractivity contribution < 1.29 is 18.7 Å². The lowest BCUT2D eigenvalue weighted by atomic mass is 10.0. The average molecular weight is 362 g/mol. The standard InChI is InChI=1S/C20H27FN2O3/c1-7-15-11-16(17(21)10-13(15)2)18(24)22-8-9-23(14(3)12-22)19(25)26-20(4,5)6/h7,10-11,14H,1,8-9,12H2,2-6H3/t14-/m0/s1. The molecular weight excluding hydrogens is 335 g/mol. The van der Waals surface area contributed by atoms with Crippen molar-refractivity contribution in [3.63, 3.8) is 0 Å². The Morgan fingerprint density at radius 2 is 1.96 bits per heavy atom. The number of ether oxygens (including phenoxy) is 1. The summed E-state index contributed by atoms with van der Waals surface area (Å²) in [5, 5.41) is 0. The van der Waals surface area contributed by atoms with Gasteiger partial charge in [-0.2, -0.15) is 0 Å². The van der Waals surface area contributed by atoms with Crippen LogP contribution in [0.3, 0.4) is 0 Å². The monoisotopic (exact) mass is 362 g/mol. The molecule has 142 valence electrons. The van der Waals surface area contributed by atoms with E-state index in [1.807, 2.05) is 27.7 Å². The van der Waals surface area contributed by atoms with E-state index in [0.717, 1.165) is 11.1 Å². The summed E-state index contributed by atoms with van der Waals surface area (Å²) in [5.74, 6) is -0.915. The summed E-state index contributed by atoms with van der Waals surface area (Å²) in [7, 11) is 0. The molecule has 6 heteroatoms. The van der Waals surface area contributed by atoms with E-state index in [-0.39, 0.29) is 17.5 Å². The fraction of sp³-hybridized carbons (Fsp3) is 0.500. The molecule has 0 aromatic heterocycles. The number of piperazine rings is 1. The SMILES string of the molecule is C=Cc1cc(C(=O)N2CCN(C(=O)OC(C)(C)C)[C@@H](C)C2)c(F)cc1C. The Morgan fingerprint density at radius 3 is 2.50 bits per heavy atom. The normalized spacial score (nSPS) is 17.8. The summed E-state index contributed by atoms with van der Waals surface area (Å²) >= 11 is 0. The summed E-state index contributed by atoms with van der Waals surface area (Å²) < 4.78 is 19.7. The van der Waals surface area contributed by atoms with E-state index in [2.05, 4.69) is 6.58 Å². The Morgan fingerprint density at radius 1 is 1.31 bits per heavy atom.